The Hall–Kier alpha value is -1.92. The maximum absolute atomic E-state index is 12.6. The molecule has 1 aliphatic heterocycles. The Morgan fingerprint density at radius 2 is 2.21 bits per heavy atom. The van der Waals surface area contributed by atoms with Gasteiger partial charge in [-0.15, -0.1) is 0 Å². The van der Waals surface area contributed by atoms with Gasteiger partial charge in [-0.25, -0.2) is 4.79 Å². The van der Waals surface area contributed by atoms with Gasteiger partial charge >= 0.3 is 6.03 Å². The maximum Gasteiger partial charge on any atom is 0.317 e. The molecule has 3 rings (SSSR count). The van der Waals surface area contributed by atoms with Crippen molar-refractivity contribution in [3.8, 4) is 0 Å². The number of pyridine rings is 1. The summed E-state index contributed by atoms with van der Waals surface area (Å²) in [5, 5.41) is 7.16. The topological polar surface area (TPSA) is 54.5 Å². The van der Waals surface area contributed by atoms with Crippen LogP contribution in [-0.4, -0.2) is 41.7 Å². The third-order valence-corrected chi connectivity index (χ3v) is 4.86. The summed E-state index contributed by atoms with van der Waals surface area (Å²) in [6.07, 6.45) is 6.63. The molecule has 6 heteroatoms. The summed E-state index contributed by atoms with van der Waals surface area (Å²) >= 11 is 1.66. The van der Waals surface area contributed by atoms with Crippen LogP contribution in [0.5, 0.6) is 0 Å². The summed E-state index contributed by atoms with van der Waals surface area (Å²) in [5.41, 5.74) is 2.34. The molecule has 2 amide bonds. The Kier molecular flexibility index (Phi) is 6.20. The Bertz CT molecular complexity index is 612. The predicted molar refractivity (Wildman–Crippen MR) is 95.0 cm³/mol. The molecule has 0 aliphatic carbocycles. The smallest absolute Gasteiger partial charge is 0.317 e. The lowest BCUT2D eigenvalue weighted by Crippen LogP contribution is -2.43. The van der Waals surface area contributed by atoms with Crippen molar-refractivity contribution in [2.75, 3.05) is 19.7 Å². The average molecular weight is 345 g/mol. The number of hydrogen-bond acceptors (Lipinski definition) is 4. The lowest BCUT2D eigenvalue weighted by molar-refractivity contribution is 0.0795. The van der Waals surface area contributed by atoms with Crippen LogP contribution in [0, 0.1) is 0 Å². The van der Waals surface area contributed by atoms with Crippen LogP contribution in [0.25, 0.3) is 0 Å². The van der Waals surface area contributed by atoms with Gasteiger partial charge in [0.15, 0.2) is 0 Å². The minimum absolute atomic E-state index is 0.0224. The first kappa shape index (κ1) is 16.9. The summed E-state index contributed by atoms with van der Waals surface area (Å²) < 4.78 is 5.70. The molecule has 1 atom stereocenters. The van der Waals surface area contributed by atoms with Gasteiger partial charge in [-0.05, 0) is 59.3 Å². The first-order valence-corrected chi connectivity index (χ1v) is 9.30. The van der Waals surface area contributed by atoms with Gasteiger partial charge in [0.05, 0.1) is 6.10 Å². The van der Waals surface area contributed by atoms with Gasteiger partial charge in [0, 0.05) is 38.6 Å². The van der Waals surface area contributed by atoms with Crippen molar-refractivity contribution < 1.29 is 9.53 Å². The number of thiophene rings is 1. The predicted octanol–water partition coefficient (Wildman–Crippen LogP) is 3.08. The van der Waals surface area contributed by atoms with Crippen molar-refractivity contribution in [2.45, 2.75) is 31.9 Å². The van der Waals surface area contributed by atoms with Crippen LogP contribution in [0.3, 0.4) is 0 Å². The molecule has 0 spiro atoms. The molecule has 0 bridgehead atoms. The number of carbonyl (C=O) groups excluding carboxylic acids is 1. The molecule has 2 aromatic rings. The van der Waals surface area contributed by atoms with Crippen molar-refractivity contribution in [1.29, 1.82) is 0 Å². The summed E-state index contributed by atoms with van der Waals surface area (Å²) in [4.78, 5) is 18.5. The van der Waals surface area contributed by atoms with E-state index in [-0.39, 0.29) is 12.1 Å². The molecule has 0 radical (unpaired) electrons. The number of aromatic nitrogens is 1. The number of carbonyl (C=O) groups is 1. The van der Waals surface area contributed by atoms with Gasteiger partial charge in [-0.1, -0.05) is 0 Å². The molecule has 2 aromatic heterocycles. The Morgan fingerprint density at radius 1 is 1.33 bits per heavy atom. The first-order chi connectivity index (χ1) is 11.8. The van der Waals surface area contributed by atoms with E-state index >= 15 is 0 Å². The van der Waals surface area contributed by atoms with E-state index in [9.17, 15) is 4.79 Å². The Balaban J connectivity index is 1.53. The summed E-state index contributed by atoms with van der Waals surface area (Å²) in [5.74, 6) is 0. The van der Waals surface area contributed by atoms with Gasteiger partial charge in [0.2, 0.25) is 0 Å². The van der Waals surface area contributed by atoms with Gasteiger partial charge in [0.1, 0.15) is 0 Å². The number of urea groups is 1. The van der Waals surface area contributed by atoms with E-state index in [0.29, 0.717) is 19.6 Å². The van der Waals surface area contributed by atoms with E-state index in [4.69, 9.17) is 4.74 Å². The van der Waals surface area contributed by atoms with E-state index in [0.717, 1.165) is 25.9 Å². The second-order valence-electron chi connectivity index (χ2n) is 5.98. The highest BCUT2D eigenvalue weighted by Crippen LogP contribution is 2.16. The average Bonchev–Trinajstić information content (AvgIpc) is 3.29. The van der Waals surface area contributed by atoms with Gasteiger partial charge in [0.25, 0.3) is 0 Å². The number of rotatable bonds is 7. The highest BCUT2D eigenvalue weighted by atomic mass is 32.1. The van der Waals surface area contributed by atoms with Crippen molar-refractivity contribution in [3.63, 3.8) is 0 Å². The Morgan fingerprint density at radius 3 is 2.92 bits per heavy atom. The summed E-state index contributed by atoms with van der Waals surface area (Å²) in [7, 11) is 0. The fourth-order valence-electron chi connectivity index (χ4n) is 2.83. The zero-order valence-corrected chi connectivity index (χ0v) is 14.5. The fourth-order valence-corrected chi connectivity index (χ4v) is 3.49. The molecular formula is C18H23N3O2S. The van der Waals surface area contributed by atoms with E-state index in [1.807, 2.05) is 22.4 Å². The second kappa shape index (κ2) is 8.80. The molecule has 0 unspecified atom stereocenters. The van der Waals surface area contributed by atoms with Crippen molar-refractivity contribution in [3.05, 3.63) is 52.5 Å². The molecule has 0 saturated carbocycles. The molecule has 24 heavy (non-hydrogen) atoms. The van der Waals surface area contributed by atoms with Crippen LogP contribution < -0.4 is 5.32 Å². The summed E-state index contributed by atoms with van der Waals surface area (Å²) in [6, 6.07) is 5.99. The van der Waals surface area contributed by atoms with Gasteiger partial charge in [-0.2, -0.15) is 11.3 Å². The maximum atomic E-state index is 12.6. The second-order valence-corrected chi connectivity index (χ2v) is 6.76. The molecule has 128 valence electrons. The molecule has 1 aliphatic rings. The van der Waals surface area contributed by atoms with E-state index in [2.05, 4.69) is 21.7 Å². The zero-order valence-electron chi connectivity index (χ0n) is 13.7. The fraction of sp³-hybridized carbons (Fsp3) is 0.444. The molecule has 1 saturated heterocycles. The molecule has 5 nitrogen and oxygen atoms in total. The van der Waals surface area contributed by atoms with Crippen LogP contribution in [-0.2, 0) is 17.7 Å². The van der Waals surface area contributed by atoms with E-state index < -0.39 is 0 Å². The third-order valence-electron chi connectivity index (χ3n) is 4.13. The van der Waals surface area contributed by atoms with E-state index in [1.54, 1.807) is 23.7 Å². The quantitative estimate of drug-likeness (QED) is 0.839. The van der Waals surface area contributed by atoms with Crippen LogP contribution in [0.4, 0.5) is 4.79 Å². The highest BCUT2D eigenvalue weighted by Gasteiger charge is 2.22. The molecule has 1 N–H and O–H groups in total. The molecule has 3 heterocycles. The molecule has 0 aromatic carbocycles. The normalized spacial score (nSPS) is 16.9. The lowest BCUT2D eigenvalue weighted by atomic mass is 10.2. The van der Waals surface area contributed by atoms with Crippen molar-refractivity contribution >= 4 is 17.4 Å². The van der Waals surface area contributed by atoms with Gasteiger partial charge in [-0.3, -0.25) is 4.98 Å². The molecule has 1 fully saturated rings. The van der Waals surface area contributed by atoms with Crippen molar-refractivity contribution in [2.24, 2.45) is 0 Å². The number of nitrogens with one attached hydrogen (secondary N) is 1. The lowest BCUT2D eigenvalue weighted by Gasteiger charge is -2.25. The number of ether oxygens (including phenoxy) is 1. The van der Waals surface area contributed by atoms with Crippen molar-refractivity contribution in [1.82, 2.24) is 15.2 Å². The Labute approximate surface area is 146 Å². The number of amides is 2. The van der Waals surface area contributed by atoms with E-state index in [1.165, 1.54) is 11.1 Å². The van der Waals surface area contributed by atoms with Crippen LogP contribution in [0.1, 0.15) is 24.0 Å². The SMILES string of the molecule is O=C(NCCc1ccncc1)N(Cc1ccsc1)C[C@H]1CCCO1. The van der Waals surface area contributed by atoms with Crippen LogP contribution in [0.2, 0.25) is 0 Å². The zero-order chi connectivity index (χ0) is 16.6. The minimum Gasteiger partial charge on any atom is -0.376 e. The minimum atomic E-state index is -0.0224. The summed E-state index contributed by atoms with van der Waals surface area (Å²) in [6.45, 7) is 2.70. The van der Waals surface area contributed by atoms with Crippen LogP contribution >= 0.6 is 11.3 Å². The highest BCUT2D eigenvalue weighted by molar-refractivity contribution is 7.07. The number of nitrogens with zero attached hydrogens (tertiary/aromatic N) is 2. The standard InChI is InChI=1S/C18H23N3O2S/c22-18(20-9-5-15-3-7-19-8-4-15)21(12-16-6-11-24-14-16)13-17-2-1-10-23-17/h3-4,6-8,11,14,17H,1-2,5,9-10,12-13H2,(H,20,22)/t17-/m1/s1. The monoisotopic (exact) mass is 345 g/mol. The first-order valence-electron chi connectivity index (χ1n) is 8.35. The third kappa shape index (κ3) is 5.04. The molecular weight excluding hydrogens is 322 g/mol. The largest absolute Gasteiger partial charge is 0.376 e. The van der Waals surface area contributed by atoms with Gasteiger partial charge < -0.3 is 15.0 Å². The van der Waals surface area contributed by atoms with Crippen LogP contribution in [0.15, 0.2) is 41.4 Å². The number of hydrogen-bond donors (Lipinski definition) is 1.